The van der Waals surface area contributed by atoms with Crippen LogP contribution < -0.4 is 9.79 Å². The quantitative estimate of drug-likeness (QED) is 0.0181. The normalized spacial score (nSPS) is 14.1. The Morgan fingerprint density at radius 2 is 0.523 bits per heavy atom. The molecule has 0 aromatic heterocycles. The number of methoxy groups -OCH3 is 2. The lowest BCUT2D eigenvalue weighted by Gasteiger charge is -2.28. The van der Waals surface area contributed by atoms with Gasteiger partial charge in [0.1, 0.15) is 39.5 Å². The highest BCUT2D eigenvalue weighted by atomic mass is 31.2. The molecule has 88 heavy (non-hydrogen) atoms. The van der Waals surface area contributed by atoms with Crippen molar-refractivity contribution in [2.45, 2.75) is 282 Å². The van der Waals surface area contributed by atoms with Crippen LogP contribution in [0, 0.1) is 0 Å². The Morgan fingerprint density at radius 1 is 0.307 bits per heavy atom. The van der Waals surface area contributed by atoms with Crippen molar-refractivity contribution in [2.24, 2.45) is 0 Å². The fourth-order valence-corrected chi connectivity index (χ4v) is 11.2. The van der Waals surface area contributed by atoms with Gasteiger partial charge in [-0.25, -0.2) is 0 Å². The summed E-state index contributed by atoms with van der Waals surface area (Å²) in [6, 6.07) is 0. The van der Waals surface area contributed by atoms with Crippen LogP contribution in [0.15, 0.2) is 0 Å². The summed E-state index contributed by atoms with van der Waals surface area (Å²) < 4.78 is 77.8. The third-order valence-corrected chi connectivity index (χ3v) is 17.2. The second kappa shape index (κ2) is 57.6. The number of esters is 4. The zero-order valence-electron chi connectivity index (χ0n) is 57.1. The van der Waals surface area contributed by atoms with Gasteiger partial charge in [0.05, 0.1) is 55.5 Å². The van der Waals surface area contributed by atoms with Crippen molar-refractivity contribution in [2.75, 3.05) is 122 Å². The van der Waals surface area contributed by atoms with Gasteiger partial charge in [0.2, 0.25) is 0 Å². The van der Waals surface area contributed by atoms with Gasteiger partial charge in [0.15, 0.2) is 12.2 Å². The molecule has 0 aliphatic carbocycles. The van der Waals surface area contributed by atoms with Gasteiger partial charge in [-0.2, -0.15) is 0 Å². The van der Waals surface area contributed by atoms with Gasteiger partial charge in [-0.1, -0.05) is 205 Å². The number of phosphoric ester groups is 2. The van der Waals surface area contributed by atoms with Crippen molar-refractivity contribution in [3.63, 3.8) is 0 Å². The maximum absolute atomic E-state index is 12.6. The summed E-state index contributed by atoms with van der Waals surface area (Å²) in [6.45, 7) is 0.684. The van der Waals surface area contributed by atoms with Gasteiger partial charge < -0.3 is 65.3 Å². The second-order valence-corrected chi connectivity index (χ2v) is 29.0. The van der Waals surface area contributed by atoms with Crippen LogP contribution in [0.1, 0.15) is 270 Å². The molecule has 522 valence electrons. The predicted octanol–water partition coefficient (Wildman–Crippen LogP) is 14.0. The fraction of sp³-hybridized carbons (Fsp3) is 0.939. The van der Waals surface area contributed by atoms with E-state index in [0.29, 0.717) is 61.0 Å². The molecule has 0 N–H and O–H groups in total. The first-order valence-electron chi connectivity index (χ1n) is 34.6. The van der Waals surface area contributed by atoms with Crippen molar-refractivity contribution < 1.29 is 93.6 Å². The number of unbranched alkanes of at least 4 members (excludes halogenated alkanes) is 35. The third kappa shape index (κ3) is 64.1. The lowest BCUT2D eigenvalue weighted by atomic mass is 10.0. The molecule has 0 aliphatic heterocycles. The summed E-state index contributed by atoms with van der Waals surface area (Å²) in [6.07, 6.45) is 41.6. The predicted molar refractivity (Wildman–Crippen MR) is 344 cm³/mol. The molecule has 0 radical (unpaired) electrons. The number of nitrogens with zero attached hydrogens (tertiary/aromatic N) is 2. The van der Waals surface area contributed by atoms with Gasteiger partial charge >= 0.3 is 23.9 Å². The molecular weight excluding hydrogens is 1170 g/mol. The van der Waals surface area contributed by atoms with Gasteiger partial charge in [-0.15, -0.1) is 0 Å². The second-order valence-electron chi connectivity index (χ2n) is 26.2. The first-order chi connectivity index (χ1) is 42.1. The Balaban J connectivity index is 3.94. The number of ether oxygens (including phenoxy) is 6. The summed E-state index contributed by atoms with van der Waals surface area (Å²) in [7, 11) is 5.56. The van der Waals surface area contributed by atoms with Crippen molar-refractivity contribution in [1.82, 2.24) is 0 Å². The molecule has 0 aromatic carbocycles. The zero-order chi connectivity index (χ0) is 65.3. The van der Waals surface area contributed by atoms with Crippen LogP contribution in [-0.4, -0.2) is 168 Å². The maximum Gasteiger partial charge on any atom is 0.306 e. The van der Waals surface area contributed by atoms with E-state index in [0.717, 1.165) is 89.9 Å². The molecule has 0 aliphatic rings. The smallest absolute Gasteiger partial charge is 0.306 e. The molecule has 0 saturated heterocycles. The van der Waals surface area contributed by atoms with Crippen molar-refractivity contribution >= 4 is 39.5 Å². The van der Waals surface area contributed by atoms with Crippen LogP contribution in [0.4, 0.5) is 0 Å². The van der Waals surface area contributed by atoms with E-state index in [1.807, 2.05) is 42.3 Å². The van der Waals surface area contributed by atoms with E-state index in [9.17, 15) is 38.1 Å². The molecule has 0 rings (SSSR count). The van der Waals surface area contributed by atoms with Crippen LogP contribution in [0.3, 0.4) is 0 Å². The van der Waals surface area contributed by atoms with Crippen LogP contribution in [-0.2, 0) is 74.8 Å². The molecule has 4 atom stereocenters. The molecule has 0 amide bonds. The Labute approximate surface area is 535 Å². The van der Waals surface area contributed by atoms with E-state index in [-0.39, 0.29) is 52.1 Å². The van der Waals surface area contributed by atoms with Crippen LogP contribution in [0.25, 0.3) is 0 Å². The van der Waals surface area contributed by atoms with E-state index in [1.165, 1.54) is 128 Å². The van der Waals surface area contributed by atoms with E-state index < -0.39 is 64.9 Å². The van der Waals surface area contributed by atoms with Gasteiger partial charge in [0, 0.05) is 53.1 Å². The standard InChI is InChI=1S/C66H130N2O18P2/c1-67(2,3)51-55-81-87(73,74)83-59-61(85-65(71)49-43-37-33-39-45-53-77-7)57-79-63(69)47-41-35-31-29-27-25-23-21-19-17-15-13-11-9-10-12-14-16-18-20-22-24-26-28-30-32-36-42-48-64(70)80-58-62(60-84-88(75,76)82-56-52-68(4,5)6)86-66(72)50-44-38-34-40-46-54-78-8/h61-62H,9-60H2,1-8H3/t61-,62-/m1/s1. The molecule has 0 aromatic rings. The molecule has 22 heteroatoms. The number of carbonyl (C=O) groups is 4. The molecule has 0 saturated carbocycles. The molecule has 20 nitrogen and oxygen atoms in total. The summed E-state index contributed by atoms with van der Waals surface area (Å²) in [4.78, 5) is 75.1. The Bertz CT molecular complexity index is 1640. The summed E-state index contributed by atoms with van der Waals surface area (Å²) >= 11 is 0. The van der Waals surface area contributed by atoms with Crippen LogP contribution in [0.2, 0.25) is 0 Å². The number of quaternary nitrogens is 2. The van der Waals surface area contributed by atoms with E-state index in [1.54, 1.807) is 14.2 Å². The van der Waals surface area contributed by atoms with Crippen LogP contribution >= 0.6 is 15.6 Å². The van der Waals surface area contributed by atoms with E-state index in [2.05, 4.69) is 0 Å². The van der Waals surface area contributed by atoms with Crippen molar-refractivity contribution in [1.29, 1.82) is 0 Å². The molecule has 0 fully saturated rings. The third-order valence-electron chi connectivity index (χ3n) is 15.3. The van der Waals surface area contributed by atoms with Gasteiger partial charge in [0.25, 0.3) is 15.6 Å². The summed E-state index contributed by atoms with van der Waals surface area (Å²) in [5, 5.41) is 0. The average Bonchev–Trinajstić information content (AvgIpc) is 3.57. The summed E-state index contributed by atoms with van der Waals surface area (Å²) in [5.74, 6) is -1.79. The Kier molecular flexibility index (Phi) is 56.2. The van der Waals surface area contributed by atoms with Crippen molar-refractivity contribution in [3.05, 3.63) is 0 Å². The molecule has 0 spiro atoms. The van der Waals surface area contributed by atoms with Crippen molar-refractivity contribution in [3.8, 4) is 0 Å². The average molecular weight is 1300 g/mol. The highest BCUT2D eigenvalue weighted by Gasteiger charge is 2.24. The number of carbonyl (C=O) groups excluding carboxylic acids is 4. The zero-order valence-corrected chi connectivity index (χ0v) is 58.9. The lowest BCUT2D eigenvalue weighted by molar-refractivity contribution is -0.870. The first kappa shape index (κ1) is 85.9. The van der Waals surface area contributed by atoms with Gasteiger partial charge in [-0.05, 0) is 38.5 Å². The highest BCUT2D eigenvalue weighted by Crippen LogP contribution is 2.39. The minimum atomic E-state index is -4.65. The minimum Gasteiger partial charge on any atom is -0.756 e. The minimum absolute atomic E-state index is 0.0498. The Hall–Kier alpha value is -2.06. The molecule has 2 unspecified atom stereocenters. The molecule has 0 bridgehead atoms. The lowest BCUT2D eigenvalue weighted by Crippen LogP contribution is -2.37. The largest absolute Gasteiger partial charge is 0.756 e. The van der Waals surface area contributed by atoms with E-state index >= 15 is 0 Å². The highest BCUT2D eigenvalue weighted by molar-refractivity contribution is 7.46. The van der Waals surface area contributed by atoms with Gasteiger partial charge in [-0.3, -0.25) is 28.3 Å². The number of hydrogen-bond donors (Lipinski definition) is 0. The fourth-order valence-electron chi connectivity index (χ4n) is 9.74. The Morgan fingerprint density at radius 3 is 0.750 bits per heavy atom. The number of likely N-dealkylation sites (N-methyl/N-ethyl adjacent to an activating group) is 2. The number of hydrogen-bond acceptors (Lipinski definition) is 18. The number of phosphoric acid groups is 2. The molecular formula is C66H130N2O18P2. The molecule has 0 heterocycles. The monoisotopic (exact) mass is 1300 g/mol. The van der Waals surface area contributed by atoms with E-state index in [4.69, 9.17) is 46.5 Å². The topological polar surface area (TPSA) is 241 Å². The van der Waals surface area contributed by atoms with Crippen LogP contribution in [0.5, 0.6) is 0 Å². The summed E-state index contributed by atoms with van der Waals surface area (Å²) in [5.41, 5.74) is 0. The number of rotatable bonds is 67. The maximum atomic E-state index is 12.6. The first-order valence-corrected chi connectivity index (χ1v) is 37.5. The SMILES string of the molecule is COCCCCCCCC(=O)O[C@H](COC(=O)CCCCCCCCCCCCCCCCCCCCCCCCCCCCCCC(=O)OC[C@H](COP(=O)([O-])OCC[N+](C)(C)C)OC(=O)CCCCCCCOC)COP(=O)([O-])OCC[N+](C)(C)C.